The average molecular weight is 274 g/mol. The first-order chi connectivity index (χ1) is 9.09. The summed E-state index contributed by atoms with van der Waals surface area (Å²) in [5.74, 6) is -0.910. The van der Waals surface area contributed by atoms with Crippen molar-refractivity contribution in [1.29, 1.82) is 0 Å². The molecular formula is C13H8ClN3O2. The molecule has 0 fully saturated rings. The first kappa shape index (κ1) is 11.7. The maximum absolute atomic E-state index is 12.2. The second-order valence-electron chi connectivity index (χ2n) is 4.06. The second-order valence-corrected chi connectivity index (χ2v) is 4.46. The number of carbonyl (C=O) groups is 2. The van der Waals surface area contributed by atoms with Gasteiger partial charge in [0.1, 0.15) is 5.69 Å². The Bertz CT molecular complexity index is 680. The first-order valence-electron chi connectivity index (χ1n) is 5.48. The van der Waals surface area contributed by atoms with Crippen molar-refractivity contribution in [3.63, 3.8) is 0 Å². The number of fused-ring (bicyclic) bond motifs is 1. The van der Waals surface area contributed by atoms with Gasteiger partial charge in [-0.3, -0.25) is 14.6 Å². The van der Waals surface area contributed by atoms with E-state index in [4.69, 9.17) is 17.3 Å². The number of imide groups is 1. The van der Waals surface area contributed by atoms with Crippen molar-refractivity contribution >= 4 is 34.8 Å². The molecule has 1 aliphatic rings. The zero-order valence-corrected chi connectivity index (χ0v) is 10.4. The van der Waals surface area contributed by atoms with E-state index in [0.717, 1.165) is 4.90 Å². The molecule has 0 saturated heterocycles. The summed E-state index contributed by atoms with van der Waals surface area (Å²) in [7, 11) is 0. The van der Waals surface area contributed by atoms with Gasteiger partial charge in [-0.2, -0.15) is 0 Å². The van der Waals surface area contributed by atoms with Gasteiger partial charge in [0.25, 0.3) is 11.8 Å². The highest BCUT2D eigenvalue weighted by molar-refractivity contribution is 6.39. The highest BCUT2D eigenvalue weighted by Crippen LogP contribution is 2.33. The van der Waals surface area contributed by atoms with Gasteiger partial charge in [-0.25, -0.2) is 4.90 Å². The summed E-state index contributed by atoms with van der Waals surface area (Å²) in [5.41, 5.74) is 6.78. The average Bonchev–Trinajstić information content (AvgIpc) is 2.64. The van der Waals surface area contributed by atoms with Crippen molar-refractivity contribution in [2.45, 2.75) is 0 Å². The predicted octanol–water partition coefficient (Wildman–Crippen LogP) is 2.12. The number of halogens is 1. The number of amides is 2. The Hall–Kier alpha value is -2.40. The lowest BCUT2D eigenvalue weighted by atomic mass is 10.2. The molecule has 0 saturated carbocycles. The molecule has 2 amide bonds. The van der Waals surface area contributed by atoms with Crippen LogP contribution >= 0.6 is 11.6 Å². The van der Waals surface area contributed by atoms with E-state index >= 15 is 0 Å². The van der Waals surface area contributed by atoms with Gasteiger partial charge in [-0.15, -0.1) is 0 Å². The number of hydrogen-bond donors (Lipinski definition) is 1. The van der Waals surface area contributed by atoms with Crippen LogP contribution < -0.4 is 10.6 Å². The van der Waals surface area contributed by atoms with Crippen LogP contribution in [0.5, 0.6) is 0 Å². The van der Waals surface area contributed by atoms with Gasteiger partial charge in [0.15, 0.2) is 0 Å². The highest BCUT2D eigenvalue weighted by Gasteiger charge is 2.38. The second kappa shape index (κ2) is 4.07. The van der Waals surface area contributed by atoms with Crippen molar-refractivity contribution in [2.24, 2.45) is 0 Å². The molecule has 0 spiro atoms. The Morgan fingerprint density at radius 2 is 1.95 bits per heavy atom. The van der Waals surface area contributed by atoms with Crippen LogP contribution in [0.4, 0.5) is 11.4 Å². The number of hydrogen-bond acceptors (Lipinski definition) is 4. The highest BCUT2D eigenvalue weighted by atomic mass is 35.5. The molecule has 1 aliphatic heterocycles. The number of rotatable bonds is 1. The standard InChI is InChI=1S/C13H8ClN3O2/c14-9-6-7(15)3-4-10(9)17-12(18)8-2-1-5-16-11(8)13(17)19/h1-6H,15H2. The number of nitrogens with two attached hydrogens (primary N) is 1. The van der Waals surface area contributed by atoms with Crippen molar-refractivity contribution < 1.29 is 9.59 Å². The van der Waals surface area contributed by atoms with Crippen molar-refractivity contribution in [1.82, 2.24) is 4.98 Å². The van der Waals surface area contributed by atoms with Gasteiger partial charge in [0.05, 0.1) is 16.3 Å². The lowest BCUT2D eigenvalue weighted by Crippen LogP contribution is -2.29. The zero-order valence-electron chi connectivity index (χ0n) is 9.63. The molecule has 19 heavy (non-hydrogen) atoms. The summed E-state index contributed by atoms with van der Waals surface area (Å²) < 4.78 is 0. The lowest BCUT2D eigenvalue weighted by molar-refractivity contribution is 0.0924. The molecule has 5 nitrogen and oxygen atoms in total. The van der Waals surface area contributed by atoms with Crippen LogP contribution in [0.1, 0.15) is 20.8 Å². The molecular weight excluding hydrogens is 266 g/mol. The van der Waals surface area contributed by atoms with E-state index in [1.807, 2.05) is 0 Å². The number of pyridine rings is 1. The predicted molar refractivity (Wildman–Crippen MR) is 71.2 cm³/mol. The maximum Gasteiger partial charge on any atom is 0.284 e. The van der Waals surface area contributed by atoms with Gasteiger partial charge in [0.2, 0.25) is 0 Å². The molecule has 2 N–H and O–H groups in total. The first-order valence-corrected chi connectivity index (χ1v) is 5.86. The van der Waals surface area contributed by atoms with Crippen LogP contribution in [-0.2, 0) is 0 Å². The number of nitrogens with zero attached hydrogens (tertiary/aromatic N) is 2. The molecule has 0 aliphatic carbocycles. The van der Waals surface area contributed by atoms with Gasteiger partial charge in [0, 0.05) is 11.9 Å². The van der Waals surface area contributed by atoms with E-state index in [0.29, 0.717) is 11.4 Å². The minimum Gasteiger partial charge on any atom is -0.399 e. The normalized spacial score (nSPS) is 13.8. The summed E-state index contributed by atoms with van der Waals surface area (Å²) in [4.78, 5) is 29.4. The van der Waals surface area contributed by atoms with Crippen LogP contribution in [0.2, 0.25) is 5.02 Å². The minimum atomic E-state index is -0.479. The van der Waals surface area contributed by atoms with Crippen molar-refractivity contribution in [2.75, 3.05) is 10.6 Å². The number of anilines is 2. The molecule has 0 atom stereocenters. The quantitative estimate of drug-likeness (QED) is 0.638. The molecule has 6 heteroatoms. The van der Waals surface area contributed by atoms with Crippen LogP contribution in [0, 0.1) is 0 Å². The summed E-state index contributed by atoms with van der Waals surface area (Å²) in [6.07, 6.45) is 1.47. The molecule has 2 aromatic rings. The number of aromatic nitrogens is 1. The third kappa shape index (κ3) is 1.67. The summed E-state index contributed by atoms with van der Waals surface area (Å²) in [6, 6.07) is 7.79. The Morgan fingerprint density at radius 3 is 2.63 bits per heavy atom. The molecule has 94 valence electrons. The molecule has 0 radical (unpaired) electrons. The molecule has 3 rings (SSSR count). The van der Waals surface area contributed by atoms with Crippen LogP contribution in [0.3, 0.4) is 0 Å². The summed E-state index contributed by atoms with van der Waals surface area (Å²) in [5, 5.41) is 0.245. The topological polar surface area (TPSA) is 76.3 Å². The SMILES string of the molecule is Nc1ccc(N2C(=O)c3cccnc3C2=O)c(Cl)c1. The van der Waals surface area contributed by atoms with E-state index in [-0.39, 0.29) is 16.3 Å². The monoisotopic (exact) mass is 273 g/mol. The molecule has 2 heterocycles. The van der Waals surface area contributed by atoms with Crippen LogP contribution in [-0.4, -0.2) is 16.8 Å². The Labute approximate surface area is 113 Å². The van der Waals surface area contributed by atoms with E-state index in [1.54, 1.807) is 24.3 Å². The number of carbonyl (C=O) groups excluding carboxylic acids is 2. The summed E-state index contributed by atoms with van der Waals surface area (Å²) in [6.45, 7) is 0. The lowest BCUT2D eigenvalue weighted by Gasteiger charge is -2.15. The molecule has 0 bridgehead atoms. The third-order valence-electron chi connectivity index (χ3n) is 2.86. The Morgan fingerprint density at radius 1 is 1.16 bits per heavy atom. The fourth-order valence-electron chi connectivity index (χ4n) is 1.99. The third-order valence-corrected chi connectivity index (χ3v) is 3.16. The molecule has 1 aromatic carbocycles. The molecule has 1 aromatic heterocycles. The van der Waals surface area contributed by atoms with Crippen LogP contribution in [0.15, 0.2) is 36.5 Å². The number of benzene rings is 1. The van der Waals surface area contributed by atoms with Crippen molar-refractivity contribution in [3.8, 4) is 0 Å². The van der Waals surface area contributed by atoms with Gasteiger partial charge >= 0.3 is 0 Å². The fraction of sp³-hybridized carbons (Fsp3) is 0. The van der Waals surface area contributed by atoms with E-state index in [2.05, 4.69) is 4.98 Å². The smallest absolute Gasteiger partial charge is 0.284 e. The number of nitrogen functional groups attached to an aromatic ring is 1. The van der Waals surface area contributed by atoms with Crippen LogP contribution in [0.25, 0.3) is 0 Å². The Balaban J connectivity index is 2.14. The van der Waals surface area contributed by atoms with E-state index in [1.165, 1.54) is 12.3 Å². The largest absolute Gasteiger partial charge is 0.399 e. The zero-order chi connectivity index (χ0) is 13.6. The van der Waals surface area contributed by atoms with Crippen molar-refractivity contribution in [3.05, 3.63) is 52.8 Å². The van der Waals surface area contributed by atoms with Gasteiger partial charge in [-0.1, -0.05) is 11.6 Å². The maximum atomic E-state index is 12.2. The van der Waals surface area contributed by atoms with E-state index in [9.17, 15) is 9.59 Å². The van der Waals surface area contributed by atoms with Gasteiger partial charge < -0.3 is 5.73 Å². The Kier molecular flexibility index (Phi) is 2.50. The molecule has 0 unspecified atom stereocenters. The van der Waals surface area contributed by atoms with E-state index < -0.39 is 11.8 Å². The minimum absolute atomic E-state index is 0.139. The van der Waals surface area contributed by atoms with Gasteiger partial charge in [-0.05, 0) is 30.3 Å². The fourth-order valence-corrected chi connectivity index (χ4v) is 2.26. The summed E-state index contributed by atoms with van der Waals surface area (Å²) >= 11 is 6.04.